The number of thiophene rings is 1. The first-order valence-electron chi connectivity index (χ1n) is 8.67. The number of amides is 1. The molecule has 1 saturated carbocycles. The lowest BCUT2D eigenvalue weighted by Crippen LogP contribution is -2.30. The van der Waals surface area contributed by atoms with Crippen LogP contribution < -0.4 is 0 Å². The summed E-state index contributed by atoms with van der Waals surface area (Å²) in [6, 6.07) is 4.65. The van der Waals surface area contributed by atoms with Gasteiger partial charge in [0.25, 0.3) is 0 Å². The molecule has 1 saturated heterocycles. The predicted octanol–water partition coefficient (Wildman–Crippen LogP) is 5.16. The zero-order chi connectivity index (χ0) is 14.5. The molecule has 1 atom stereocenters. The first-order valence-corrected chi connectivity index (χ1v) is 9.55. The number of carbonyl (C=O) groups is 1. The Morgan fingerprint density at radius 3 is 2.81 bits per heavy atom. The summed E-state index contributed by atoms with van der Waals surface area (Å²) in [6.45, 7) is 0.963. The zero-order valence-electron chi connectivity index (χ0n) is 12.9. The molecule has 3 rings (SSSR count). The van der Waals surface area contributed by atoms with E-state index in [4.69, 9.17) is 0 Å². The summed E-state index contributed by atoms with van der Waals surface area (Å²) in [6.07, 6.45) is 12.5. The molecule has 1 amide bonds. The van der Waals surface area contributed by atoms with Crippen LogP contribution in [0.4, 0.5) is 0 Å². The fraction of sp³-hybridized carbons (Fsp3) is 0.722. The van der Waals surface area contributed by atoms with Crippen LogP contribution in [0.5, 0.6) is 0 Å². The molecule has 3 heteroatoms. The molecule has 2 fully saturated rings. The van der Waals surface area contributed by atoms with Crippen molar-refractivity contribution in [3.8, 4) is 0 Å². The van der Waals surface area contributed by atoms with Gasteiger partial charge in [-0.15, -0.1) is 11.3 Å². The van der Waals surface area contributed by atoms with Crippen molar-refractivity contribution in [2.75, 3.05) is 6.54 Å². The normalized spacial score (nSPS) is 23.6. The fourth-order valence-electron chi connectivity index (χ4n) is 4.00. The summed E-state index contributed by atoms with van der Waals surface area (Å²) < 4.78 is 0. The maximum atomic E-state index is 12.5. The van der Waals surface area contributed by atoms with Gasteiger partial charge in [0.15, 0.2) is 0 Å². The second-order valence-corrected chi connectivity index (χ2v) is 7.64. The molecular formula is C18H27NOS. The van der Waals surface area contributed by atoms with Gasteiger partial charge >= 0.3 is 0 Å². The molecule has 1 aromatic heterocycles. The van der Waals surface area contributed by atoms with Crippen LogP contribution >= 0.6 is 11.3 Å². The number of likely N-dealkylation sites (tertiary alicyclic amines) is 1. The molecule has 2 nitrogen and oxygen atoms in total. The molecule has 2 heterocycles. The Bertz CT molecular complexity index is 436. The maximum absolute atomic E-state index is 12.5. The highest BCUT2D eigenvalue weighted by atomic mass is 32.1. The van der Waals surface area contributed by atoms with Gasteiger partial charge in [-0.25, -0.2) is 0 Å². The van der Waals surface area contributed by atoms with Crippen molar-refractivity contribution in [1.82, 2.24) is 4.90 Å². The van der Waals surface area contributed by atoms with E-state index < -0.39 is 0 Å². The van der Waals surface area contributed by atoms with E-state index in [9.17, 15) is 4.79 Å². The lowest BCUT2D eigenvalue weighted by molar-refractivity contribution is -0.132. The molecule has 2 aliphatic rings. The van der Waals surface area contributed by atoms with Gasteiger partial charge in [-0.1, -0.05) is 38.2 Å². The van der Waals surface area contributed by atoms with Gasteiger partial charge in [0.2, 0.25) is 5.91 Å². The summed E-state index contributed by atoms with van der Waals surface area (Å²) in [5.41, 5.74) is 0. The van der Waals surface area contributed by atoms with E-state index >= 15 is 0 Å². The molecule has 0 N–H and O–H groups in total. The third-order valence-corrected chi connectivity index (χ3v) is 6.15. The molecule has 1 aromatic rings. The Morgan fingerprint density at radius 2 is 2.05 bits per heavy atom. The predicted molar refractivity (Wildman–Crippen MR) is 88.4 cm³/mol. The van der Waals surface area contributed by atoms with E-state index in [1.54, 1.807) is 11.3 Å². The molecular weight excluding hydrogens is 278 g/mol. The highest BCUT2D eigenvalue weighted by Crippen LogP contribution is 2.35. The van der Waals surface area contributed by atoms with Crippen LogP contribution in [-0.2, 0) is 4.79 Å². The van der Waals surface area contributed by atoms with Crippen LogP contribution in [0.25, 0.3) is 0 Å². The molecule has 0 bridgehead atoms. The van der Waals surface area contributed by atoms with Crippen molar-refractivity contribution < 1.29 is 4.79 Å². The zero-order valence-corrected chi connectivity index (χ0v) is 13.7. The molecule has 1 aliphatic heterocycles. The Kier molecular flexibility index (Phi) is 5.34. The number of nitrogens with zero attached hydrogens (tertiary/aromatic N) is 1. The van der Waals surface area contributed by atoms with Crippen molar-refractivity contribution in [3.63, 3.8) is 0 Å². The quantitative estimate of drug-likeness (QED) is 0.735. The van der Waals surface area contributed by atoms with Crippen molar-refractivity contribution in [2.45, 2.75) is 70.3 Å². The molecule has 116 valence electrons. The number of rotatable bonds is 5. The molecule has 21 heavy (non-hydrogen) atoms. The minimum Gasteiger partial charge on any atom is -0.335 e. The standard InChI is InChI=1S/C18H27NOS/c20-18(12-4-9-15-7-2-1-3-8-15)19-13-5-10-16(19)17-11-6-14-21-17/h6,11,14-16H,1-5,7-10,12-13H2. The minimum atomic E-state index is 0.368. The van der Waals surface area contributed by atoms with Crippen LogP contribution in [0.2, 0.25) is 0 Å². The van der Waals surface area contributed by atoms with E-state index in [0.29, 0.717) is 11.9 Å². The third-order valence-electron chi connectivity index (χ3n) is 5.17. The third kappa shape index (κ3) is 3.88. The number of carbonyl (C=O) groups excluding carboxylic acids is 1. The van der Waals surface area contributed by atoms with Gasteiger partial charge in [-0.2, -0.15) is 0 Å². The summed E-state index contributed by atoms with van der Waals surface area (Å²) in [7, 11) is 0. The Labute approximate surface area is 132 Å². The van der Waals surface area contributed by atoms with Gasteiger partial charge < -0.3 is 4.90 Å². The first kappa shape index (κ1) is 15.1. The fourth-order valence-corrected chi connectivity index (χ4v) is 4.88. The second kappa shape index (κ2) is 7.44. The summed E-state index contributed by atoms with van der Waals surface area (Å²) >= 11 is 1.79. The highest BCUT2D eigenvalue weighted by Gasteiger charge is 2.30. The lowest BCUT2D eigenvalue weighted by Gasteiger charge is -2.25. The van der Waals surface area contributed by atoms with Gasteiger partial charge in [-0.05, 0) is 43.0 Å². The Balaban J connectivity index is 1.46. The van der Waals surface area contributed by atoms with E-state index in [1.165, 1.54) is 43.4 Å². The molecule has 0 spiro atoms. The SMILES string of the molecule is O=C(CCCC1CCCCC1)N1CCCC1c1cccs1. The molecule has 0 radical (unpaired) electrons. The van der Waals surface area contributed by atoms with Crippen molar-refractivity contribution in [1.29, 1.82) is 0 Å². The van der Waals surface area contributed by atoms with Crippen molar-refractivity contribution >= 4 is 17.2 Å². The van der Waals surface area contributed by atoms with Crippen molar-refractivity contribution in [2.24, 2.45) is 5.92 Å². The van der Waals surface area contributed by atoms with Gasteiger partial charge in [-0.3, -0.25) is 4.79 Å². The summed E-state index contributed by atoms with van der Waals surface area (Å²) in [5, 5.41) is 2.12. The lowest BCUT2D eigenvalue weighted by atomic mass is 9.86. The van der Waals surface area contributed by atoms with Crippen molar-refractivity contribution in [3.05, 3.63) is 22.4 Å². The average Bonchev–Trinajstić information content (AvgIpc) is 3.19. The van der Waals surface area contributed by atoms with Crippen LogP contribution in [0.1, 0.15) is 75.1 Å². The minimum absolute atomic E-state index is 0.368. The average molecular weight is 305 g/mol. The number of hydrogen-bond donors (Lipinski definition) is 0. The van der Waals surface area contributed by atoms with E-state index in [0.717, 1.165) is 38.1 Å². The van der Waals surface area contributed by atoms with Crippen LogP contribution in [0.15, 0.2) is 17.5 Å². The van der Waals surface area contributed by atoms with E-state index in [1.807, 2.05) is 0 Å². The summed E-state index contributed by atoms with van der Waals surface area (Å²) in [4.78, 5) is 16.0. The maximum Gasteiger partial charge on any atom is 0.223 e. The van der Waals surface area contributed by atoms with Crippen LogP contribution in [0, 0.1) is 5.92 Å². The highest BCUT2D eigenvalue weighted by molar-refractivity contribution is 7.10. The largest absolute Gasteiger partial charge is 0.335 e. The topological polar surface area (TPSA) is 20.3 Å². The smallest absolute Gasteiger partial charge is 0.223 e. The van der Waals surface area contributed by atoms with Crippen LogP contribution in [0.3, 0.4) is 0 Å². The van der Waals surface area contributed by atoms with Gasteiger partial charge in [0.1, 0.15) is 0 Å². The second-order valence-electron chi connectivity index (χ2n) is 6.66. The number of hydrogen-bond acceptors (Lipinski definition) is 2. The monoisotopic (exact) mass is 305 g/mol. The Hall–Kier alpha value is -0.830. The first-order chi connectivity index (χ1) is 10.3. The van der Waals surface area contributed by atoms with Gasteiger partial charge in [0.05, 0.1) is 6.04 Å². The van der Waals surface area contributed by atoms with Gasteiger partial charge in [0, 0.05) is 17.8 Å². The van der Waals surface area contributed by atoms with Crippen LogP contribution in [-0.4, -0.2) is 17.4 Å². The molecule has 0 aromatic carbocycles. The molecule has 1 unspecified atom stereocenters. The van der Waals surface area contributed by atoms with E-state index in [2.05, 4.69) is 22.4 Å². The summed E-state index contributed by atoms with van der Waals surface area (Å²) in [5.74, 6) is 1.29. The van der Waals surface area contributed by atoms with E-state index in [-0.39, 0.29) is 0 Å². The molecule has 1 aliphatic carbocycles. The Morgan fingerprint density at radius 1 is 1.19 bits per heavy atom.